The van der Waals surface area contributed by atoms with Crippen LogP contribution in [0.5, 0.6) is 0 Å². The smallest absolute Gasteiger partial charge is 0.0406 e. The van der Waals surface area contributed by atoms with E-state index in [0.29, 0.717) is 5.66 Å². The lowest BCUT2D eigenvalue weighted by Gasteiger charge is -2.23. The summed E-state index contributed by atoms with van der Waals surface area (Å²) < 4.78 is 0. The zero-order valence-electron chi connectivity index (χ0n) is 10.7. The highest BCUT2D eigenvalue weighted by molar-refractivity contribution is 7.74. The van der Waals surface area contributed by atoms with Gasteiger partial charge in [-0.25, -0.2) is 0 Å². The Balaban J connectivity index is 2.03. The molecule has 0 amide bonds. The van der Waals surface area contributed by atoms with E-state index in [-0.39, 0.29) is 0 Å². The fourth-order valence-electron chi connectivity index (χ4n) is 2.29. The van der Waals surface area contributed by atoms with E-state index in [1.54, 1.807) is 0 Å². The summed E-state index contributed by atoms with van der Waals surface area (Å²) >= 11 is 12.0. The SMILES string of the molecule is Clc1ccc(P(c2ccc(Cl)cc2)C2C=CC=C2)cc1. The molecule has 0 bridgehead atoms. The maximum Gasteiger partial charge on any atom is 0.0406 e. The van der Waals surface area contributed by atoms with Crippen LogP contribution in [-0.4, -0.2) is 5.66 Å². The molecule has 0 saturated heterocycles. The predicted octanol–water partition coefficient (Wildman–Crippen LogP) is 4.92. The maximum atomic E-state index is 6.00. The Morgan fingerprint density at radius 2 is 1.05 bits per heavy atom. The average molecular weight is 319 g/mol. The summed E-state index contributed by atoms with van der Waals surface area (Å²) in [5.41, 5.74) is 0.437. The van der Waals surface area contributed by atoms with Gasteiger partial charge in [0.05, 0.1) is 0 Å². The number of hydrogen-bond donors (Lipinski definition) is 0. The number of hydrogen-bond acceptors (Lipinski definition) is 0. The van der Waals surface area contributed by atoms with Gasteiger partial charge in [0, 0.05) is 15.7 Å². The first-order chi connectivity index (χ1) is 9.74. The van der Waals surface area contributed by atoms with Crippen LogP contribution in [0, 0.1) is 0 Å². The molecule has 20 heavy (non-hydrogen) atoms. The third-order valence-electron chi connectivity index (χ3n) is 3.24. The molecule has 3 heteroatoms. The van der Waals surface area contributed by atoms with Crippen molar-refractivity contribution in [2.45, 2.75) is 5.66 Å². The quantitative estimate of drug-likeness (QED) is 0.704. The molecule has 0 N–H and O–H groups in total. The fourth-order valence-corrected chi connectivity index (χ4v) is 5.01. The predicted molar refractivity (Wildman–Crippen MR) is 91.2 cm³/mol. The Hall–Kier alpha value is -1.07. The van der Waals surface area contributed by atoms with Gasteiger partial charge < -0.3 is 0 Å². The zero-order chi connectivity index (χ0) is 13.9. The molecule has 2 aromatic rings. The molecule has 0 radical (unpaired) electrons. The Bertz CT molecular complexity index is 584. The van der Waals surface area contributed by atoms with Crippen molar-refractivity contribution in [3.05, 3.63) is 82.9 Å². The molecule has 0 nitrogen and oxygen atoms in total. The van der Waals surface area contributed by atoms with Crippen LogP contribution in [0.15, 0.2) is 72.8 Å². The van der Waals surface area contributed by atoms with Gasteiger partial charge in [0.15, 0.2) is 0 Å². The van der Waals surface area contributed by atoms with E-state index >= 15 is 0 Å². The standard InChI is InChI=1S/C17H13Cl2P/c18-13-5-9-16(10-6-13)20(15-3-1-2-4-15)17-11-7-14(19)8-12-17/h1-12,15H. The minimum absolute atomic E-state index is 0.437. The van der Waals surface area contributed by atoms with Crippen LogP contribution < -0.4 is 10.6 Å². The van der Waals surface area contributed by atoms with Crippen molar-refractivity contribution in [2.75, 3.05) is 0 Å². The molecule has 0 unspecified atom stereocenters. The van der Waals surface area contributed by atoms with E-state index < -0.39 is 7.92 Å². The fraction of sp³-hybridized carbons (Fsp3) is 0.0588. The Morgan fingerprint density at radius 1 is 0.650 bits per heavy atom. The van der Waals surface area contributed by atoms with E-state index in [1.807, 2.05) is 24.3 Å². The third-order valence-corrected chi connectivity index (χ3v) is 6.39. The Kier molecular flexibility index (Phi) is 4.27. The number of allylic oxidation sites excluding steroid dienone is 4. The van der Waals surface area contributed by atoms with E-state index in [0.717, 1.165) is 10.0 Å². The van der Waals surface area contributed by atoms with Gasteiger partial charge in [-0.05, 0) is 42.8 Å². The van der Waals surface area contributed by atoms with Crippen molar-refractivity contribution in [1.29, 1.82) is 0 Å². The Morgan fingerprint density at radius 3 is 1.45 bits per heavy atom. The van der Waals surface area contributed by atoms with Gasteiger partial charge in [0.2, 0.25) is 0 Å². The number of benzene rings is 2. The van der Waals surface area contributed by atoms with Gasteiger partial charge >= 0.3 is 0 Å². The van der Waals surface area contributed by atoms with E-state index in [1.165, 1.54) is 10.6 Å². The second-order valence-corrected chi connectivity index (χ2v) is 7.83. The average Bonchev–Trinajstić information content (AvgIpc) is 2.97. The highest BCUT2D eigenvalue weighted by Gasteiger charge is 2.22. The zero-order valence-corrected chi connectivity index (χ0v) is 13.1. The molecular weight excluding hydrogens is 306 g/mol. The molecule has 0 spiro atoms. The Labute approximate surface area is 130 Å². The van der Waals surface area contributed by atoms with Crippen molar-refractivity contribution in [2.24, 2.45) is 0 Å². The van der Waals surface area contributed by atoms with Crippen LogP contribution in [-0.2, 0) is 0 Å². The molecule has 100 valence electrons. The van der Waals surface area contributed by atoms with Crippen molar-refractivity contribution in [3.8, 4) is 0 Å². The molecule has 2 aromatic carbocycles. The first-order valence-corrected chi connectivity index (χ1v) is 8.56. The highest BCUT2D eigenvalue weighted by Crippen LogP contribution is 2.42. The molecule has 0 saturated carbocycles. The summed E-state index contributed by atoms with van der Waals surface area (Å²) in [5, 5.41) is 4.20. The topological polar surface area (TPSA) is 0 Å². The van der Waals surface area contributed by atoms with Gasteiger partial charge in [-0.15, -0.1) is 0 Å². The van der Waals surface area contributed by atoms with Crippen molar-refractivity contribution in [1.82, 2.24) is 0 Å². The van der Waals surface area contributed by atoms with E-state index in [2.05, 4.69) is 48.6 Å². The summed E-state index contributed by atoms with van der Waals surface area (Å²) in [7, 11) is -0.468. The molecule has 3 rings (SSSR count). The molecule has 1 aliphatic rings. The van der Waals surface area contributed by atoms with Gasteiger partial charge in [-0.2, -0.15) is 0 Å². The lowest BCUT2D eigenvalue weighted by molar-refractivity contribution is 1.45. The van der Waals surface area contributed by atoms with Crippen LogP contribution in [0.1, 0.15) is 0 Å². The summed E-state index contributed by atoms with van der Waals surface area (Å²) in [6.07, 6.45) is 8.75. The second kappa shape index (κ2) is 6.14. The van der Waals surface area contributed by atoms with E-state index in [4.69, 9.17) is 23.2 Å². The van der Waals surface area contributed by atoms with Crippen molar-refractivity contribution < 1.29 is 0 Å². The van der Waals surface area contributed by atoms with Crippen molar-refractivity contribution >= 4 is 41.7 Å². The monoisotopic (exact) mass is 318 g/mol. The lowest BCUT2D eigenvalue weighted by Crippen LogP contribution is -2.18. The summed E-state index contributed by atoms with van der Waals surface area (Å²) in [6, 6.07) is 16.4. The maximum absolute atomic E-state index is 6.00. The summed E-state index contributed by atoms with van der Waals surface area (Å²) in [4.78, 5) is 0. The van der Waals surface area contributed by atoms with Gasteiger partial charge in [0.25, 0.3) is 0 Å². The van der Waals surface area contributed by atoms with Gasteiger partial charge in [0.1, 0.15) is 0 Å². The summed E-state index contributed by atoms with van der Waals surface area (Å²) in [6.45, 7) is 0. The number of rotatable bonds is 3. The second-order valence-electron chi connectivity index (χ2n) is 4.58. The van der Waals surface area contributed by atoms with Crippen molar-refractivity contribution in [3.63, 3.8) is 0 Å². The first-order valence-electron chi connectivity index (χ1n) is 6.39. The number of halogens is 2. The molecule has 0 fully saturated rings. The van der Waals surface area contributed by atoms with Gasteiger partial charge in [-0.1, -0.05) is 71.8 Å². The van der Waals surface area contributed by atoms with Crippen LogP contribution in [0.2, 0.25) is 10.0 Å². The van der Waals surface area contributed by atoms with Crippen LogP contribution in [0.4, 0.5) is 0 Å². The normalized spacial score (nSPS) is 14.3. The molecule has 0 atom stereocenters. The minimum Gasteiger partial charge on any atom is -0.0843 e. The molecule has 0 aromatic heterocycles. The van der Waals surface area contributed by atoms with Gasteiger partial charge in [-0.3, -0.25) is 0 Å². The molecule has 0 heterocycles. The largest absolute Gasteiger partial charge is 0.0843 e. The lowest BCUT2D eigenvalue weighted by atomic mass is 10.4. The minimum atomic E-state index is -0.468. The summed E-state index contributed by atoms with van der Waals surface area (Å²) in [5.74, 6) is 0. The van der Waals surface area contributed by atoms with Crippen LogP contribution in [0.25, 0.3) is 0 Å². The highest BCUT2D eigenvalue weighted by atomic mass is 35.5. The van der Waals surface area contributed by atoms with Crippen LogP contribution >= 0.6 is 31.1 Å². The molecular formula is C17H13Cl2P. The molecule has 1 aliphatic carbocycles. The molecule has 0 aliphatic heterocycles. The van der Waals surface area contributed by atoms with Crippen LogP contribution in [0.3, 0.4) is 0 Å². The first kappa shape index (κ1) is 13.9. The van der Waals surface area contributed by atoms with E-state index in [9.17, 15) is 0 Å². The third kappa shape index (κ3) is 2.99.